The summed E-state index contributed by atoms with van der Waals surface area (Å²) in [6.45, 7) is 6.50. The van der Waals surface area contributed by atoms with Crippen LogP contribution < -0.4 is 15.8 Å². The summed E-state index contributed by atoms with van der Waals surface area (Å²) in [7, 11) is 2.15. The first-order valence-electron chi connectivity index (χ1n) is 13.4. The smallest absolute Gasteiger partial charge is 0.278 e. The van der Waals surface area contributed by atoms with E-state index in [1.54, 1.807) is 22.5 Å². The SMILES string of the molecule is CN1CCN(c2ccc(Nc3ncc4c(=O)n5n(c4n3)-c3cccc(n3)[C@](C)(O)CCCCC5)cc2)CC1. The number of benzene rings is 1. The van der Waals surface area contributed by atoms with Gasteiger partial charge >= 0.3 is 0 Å². The van der Waals surface area contributed by atoms with Gasteiger partial charge in [0.15, 0.2) is 11.5 Å². The van der Waals surface area contributed by atoms with Gasteiger partial charge in [-0.25, -0.2) is 19.3 Å². The zero-order valence-corrected chi connectivity index (χ0v) is 22.0. The van der Waals surface area contributed by atoms with Crippen molar-refractivity contribution in [2.75, 3.05) is 43.4 Å². The minimum absolute atomic E-state index is 0.138. The van der Waals surface area contributed by atoms with Gasteiger partial charge < -0.3 is 20.2 Å². The number of pyridine rings is 1. The van der Waals surface area contributed by atoms with Crippen LogP contribution in [-0.2, 0) is 12.1 Å². The van der Waals surface area contributed by atoms with Gasteiger partial charge in [-0.1, -0.05) is 18.9 Å². The van der Waals surface area contributed by atoms with Crippen LogP contribution in [0.2, 0.25) is 0 Å². The Hall–Kier alpha value is -3.76. The standard InChI is InChI=1S/C28H34N8O2/c1-28(38)13-4-3-5-14-35-26(37)22-19-29-27(32-25(22)36(35)24-8-6-7-23(28)31-24)30-20-9-11-21(12-10-20)34-17-15-33(2)16-18-34/h6-12,19,38H,3-5,13-18H2,1-2H3,(H,29,30,32)/t28-/m1/s1. The Bertz CT molecular complexity index is 1500. The molecule has 38 heavy (non-hydrogen) atoms. The lowest BCUT2D eigenvalue weighted by Gasteiger charge is -2.34. The molecule has 198 valence electrons. The average molecular weight is 515 g/mol. The van der Waals surface area contributed by atoms with Crippen LogP contribution in [-0.4, -0.2) is 67.5 Å². The number of hydrogen-bond donors (Lipinski definition) is 2. The van der Waals surface area contributed by atoms with Gasteiger partial charge in [-0.15, -0.1) is 0 Å². The Balaban J connectivity index is 1.35. The van der Waals surface area contributed by atoms with E-state index in [0.717, 1.165) is 51.1 Å². The molecule has 1 saturated heterocycles. The van der Waals surface area contributed by atoms with Crippen LogP contribution in [0.25, 0.3) is 16.9 Å². The van der Waals surface area contributed by atoms with Crippen LogP contribution in [0.1, 0.15) is 38.3 Å². The highest BCUT2D eigenvalue weighted by Crippen LogP contribution is 2.28. The lowest BCUT2D eigenvalue weighted by Crippen LogP contribution is -2.44. The Morgan fingerprint density at radius 2 is 1.74 bits per heavy atom. The maximum atomic E-state index is 13.4. The molecule has 2 N–H and O–H groups in total. The van der Waals surface area contributed by atoms with E-state index in [4.69, 9.17) is 9.97 Å². The predicted molar refractivity (Wildman–Crippen MR) is 148 cm³/mol. The molecule has 6 rings (SSSR count). The minimum Gasteiger partial charge on any atom is -0.384 e. The molecule has 1 aromatic carbocycles. The van der Waals surface area contributed by atoms with Crippen molar-refractivity contribution in [3.63, 3.8) is 0 Å². The highest BCUT2D eigenvalue weighted by molar-refractivity contribution is 5.77. The van der Waals surface area contributed by atoms with Crippen molar-refractivity contribution in [2.45, 2.75) is 44.8 Å². The molecule has 0 saturated carbocycles. The van der Waals surface area contributed by atoms with Gasteiger partial charge in [0.05, 0.1) is 5.69 Å². The maximum Gasteiger partial charge on any atom is 0.278 e. The lowest BCUT2D eigenvalue weighted by atomic mass is 9.94. The number of likely N-dealkylation sites (N-methyl/N-ethyl adjacent to an activating group) is 1. The summed E-state index contributed by atoms with van der Waals surface area (Å²) in [6, 6.07) is 13.8. The molecule has 2 bridgehead atoms. The van der Waals surface area contributed by atoms with Gasteiger partial charge in [0.2, 0.25) is 5.95 Å². The van der Waals surface area contributed by atoms with Gasteiger partial charge in [0.25, 0.3) is 5.56 Å². The molecule has 0 amide bonds. The third kappa shape index (κ3) is 4.65. The van der Waals surface area contributed by atoms with Crippen LogP contribution in [0, 0.1) is 0 Å². The molecule has 10 heteroatoms. The fourth-order valence-electron chi connectivity index (χ4n) is 5.35. The first-order chi connectivity index (χ1) is 18.4. The summed E-state index contributed by atoms with van der Waals surface area (Å²) in [5, 5.41) is 14.8. The zero-order valence-electron chi connectivity index (χ0n) is 22.0. The van der Waals surface area contributed by atoms with Crippen LogP contribution in [0.15, 0.2) is 53.5 Å². The Labute approximate surface area is 221 Å². The zero-order chi connectivity index (χ0) is 26.3. The van der Waals surface area contributed by atoms with Crippen LogP contribution in [0.5, 0.6) is 0 Å². The summed E-state index contributed by atoms with van der Waals surface area (Å²) in [6.07, 6.45) is 4.79. The van der Waals surface area contributed by atoms with Crippen LogP contribution in [0.3, 0.4) is 0 Å². The molecule has 0 unspecified atom stereocenters. The Morgan fingerprint density at radius 1 is 0.947 bits per heavy atom. The second kappa shape index (κ2) is 9.85. The molecule has 2 aliphatic rings. The summed E-state index contributed by atoms with van der Waals surface area (Å²) in [5.41, 5.74) is 1.98. The fourth-order valence-corrected chi connectivity index (χ4v) is 5.35. The summed E-state index contributed by atoms with van der Waals surface area (Å²) in [5.74, 6) is 0.959. The molecule has 10 nitrogen and oxygen atoms in total. The molecular weight excluding hydrogens is 480 g/mol. The molecule has 0 aliphatic carbocycles. The van der Waals surface area contributed by atoms with E-state index in [1.165, 1.54) is 5.69 Å². The highest BCUT2D eigenvalue weighted by atomic mass is 16.3. The van der Waals surface area contributed by atoms with Gasteiger partial charge in [-0.3, -0.25) is 4.79 Å². The number of fused-ring (bicyclic) bond motifs is 6. The van der Waals surface area contributed by atoms with E-state index < -0.39 is 5.60 Å². The molecule has 1 fully saturated rings. The Kier molecular flexibility index (Phi) is 6.37. The summed E-state index contributed by atoms with van der Waals surface area (Å²) < 4.78 is 3.46. The second-order valence-electron chi connectivity index (χ2n) is 10.6. The monoisotopic (exact) mass is 514 g/mol. The van der Waals surface area contributed by atoms with Crippen molar-refractivity contribution in [1.82, 2.24) is 29.2 Å². The third-order valence-corrected chi connectivity index (χ3v) is 7.70. The molecule has 3 aromatic heterocycles. The van der Waals surface area contributed by atoms with Crippen molar-refractivity contribution in [2.24, 2.45) is 0 Å². The van der Waals surface area contributed by atoms with E-state index in [0.29, 0.717) is 41.5 Å². The fraction of sp³-hybridized carbons (Fsp3) is 0.429. The number of anilines is 3. The van der Waals surface area contributed by atoms with Gasteiger partial charge in [0.1, 0.15) is 11.0 Å². The highest BCUT2D eigenvalue weighted by Gasteiger charge is 2.27. The number of nitrogens with zero attached hydrogens (tertiary/aromatic N) is 7. The van der Waals surface area contributed by atoms with Gasteiger partial charge in [0, 0.05) is 50.3 Å². The number of hydrogen-bond acceptors (Lipinski definition) is 8. The van der Waals surface area contributed by atoms with Crippen LogP contribution >= 0.6 is 0 Å². The molecule has 1 atom stereocenters. The third-order valence-electron chi connectivity index (χ3n) is 7.70. The molecule has 0 spiro atoms. The Morgan fingerprint density at radius 3 is 2.53 bits per heavy atom. The molecule has 4 aromatic rings. The molecule has 2 aliphatic heterocycles. The van der Waals surface area contributed by atoms with E-state index in [1.807, 2.05) is 30.3 Å². The lowest BCUT2D eigenvalue weighted by molar-refractivity contribution is 0.0405. The summed E-state index contributed by atoms with van der Waals surface area (Å²) in [4.78, 5) is 32.1. The first-order valence-corrected chi connectivity index (χ1v) is 13.4. The quantitative estimate of drug-likeness (QED) is 0.429. The number of rotatable bonds is 3. The van der Waals surface area contributed by atoms with E-state index >= 15 is 0 Å². The van der Waals surface area contributed by atoms with Crippen molar-refractivity contribution in [3.8, 4) is 5.82 Å². The first kappa shape index (κ1) is 24.6. The van der Waals surface area contributed by atoms with Crippen LogP contribution in [0.4, 0.5) is 17.3 Å². The van der Waals surface area contributed by atoms with Crippen molar-refractivity contribution >= 4 is 28.4 Å². The minimum atomic E-state index is -1.04. The molecular formula is C28H34N8O2. The normalized spacial score (nSPS) is 20.7. The number of aromatic nitrogens is 5. The predicted octanol–water partition coefficient (Wildman–Crippen LogP) is 3.25. The number of nitrogens with one attached hydrogen (secondary N) is 1. The van der Waals surface area contributed by atoms with Crippen molar-refractivity contribution < 1.29 is 5.11 Å². The molecule has 5 heterocycles. The largest absolute Gasteiger partial charge is 0.384 e. The van der Waals surface area contributed by atoms with E-state index in [2.05, 4.69) is 39.3 Å². The van der Waals surface area contributed by atoms with Gasteiger partial charge in [-0.05, 0) is 63.2 Å². The summed E-state index contributed by atoms with van der Waals surface area (Å²) >= 11 is 0. The average Bonchev–Trinajstić information content (AvgIpc) is 3.19. The topological polar surface area (TPSA) is 104 Å². The second-order valence-corrected chi connectivity index (χ2v) is 10.6. The van der Waals surface area contributed by atoms with Crippen molar-refractivity contribution in [1.29, 1.82) is 0 Å². The van der Waals surface area contributed by atoms with E-state index in [-0.39, 0.29) is 5.56 Å². The molecule has 0 radical (unpaired) electrons. The number of piperazine rings is 1. The van der Waals surface area contributed by atoms with Gasteiger partial charge in [-0.2, -0.15) is 4.98 Å². The van der Waals surface area contributed by atoms with Crippen molar-refractivity contribution in [3.05, 3.63) is 64.7 Å². The van der Waals surface area contributed by atoms with E-state index in [9.17, 15) is 9.90 Å². The number of aliphatic hydroxyl groups is 1. The maximum absolute atomic E-state index is 13.4.